The third-order valence-electron chi connectivity index (χ3n) is 7.98. The lowest BCUT2D eigenvalue weighted by atomic mass is 10.0. The van der Waals surface area contributed by atoms with Crippen LogP contribution in [0.15, 0.2) is 127 Å². The van der Waals surface area contributed by atoms with Crippen LogP contribution in [0.3, 0.4) is 0 Å². The quantitative estimate of drug-likeness (QED) is 0.224. The second kappa shape index (κ2) is 8.22. The predicted molar refractivity (Wildman–Crippen MR) is 170 cm³/mol. The van der Waals surface area contributed by atoms with E-state index in [1.165, 1.54) is 41.7 Å². The van der Waals surface area contributed by atoms with Crippen LogP contribution in [0.25, 0.3) is 80.9 Å². The first-order valence-corrected chi connectivity index (χ1v) is 14.2. The summed E-state index contributed by atoms with van der Waals surface area (Å²) < 4.78 is 4.91. The first-order chi connectivity index (χ1) is 19.8. The Hall–Kier alpha value is -5.06. The summed E-state index contributed by atoms with van der Waals surface area (Å²) in [7, 11) is 0. The Morgan fingerprint density at radius 2 is 1.18 bits per heavy atom. The molecule has 9 aromatic rings. The van der Waals surface area contributed by atoms with Crippen LogP contribution in [0, 0.1) is 0 Å². The largest absolute Gasteiger partial charge is 0.292 e. The first-order valence-electron chi connectivity index (χ1n) is 13.4. The monoisotopic (exact) mass is 527 g/mol. The minimum absolute atomic E-state index is 0.849. The van der Waals surface area contributed by atoms with E-state index in [9.17, 15) is 0 Å². The zero-order valence-electron chi connectivity index (χ0n) is 21.4. The van der Waals surface area contributed by atoms with Gasteiger partial charge >= 0.3 is 0 Å². The van der Waals surface area contributed by atoms with E-state index in [-0.39, 0.29) is 0 Å². The van der Waals surface area contributed by atoms with Gasteiger partial charge in [0.25, 0.3) is 0 Å². The van der Waals surface area contributed by atoms with Crippen molar-refractivity contribution in [3.05, 3.63) is 127 Å². The summed E-state index contributed by atoms with van der Waals surface area (Å²) in [5.74, 6) is 0.849. The Morgan fingerprint density at radius 3 is 2.08 bits per heavy atom. The number of hydrogen-bond acceptors (Lipinski definition) is 3. The van der Waals surface area contributed by atoms with Gasteiger partial charge in [-0.25, -0.2) is 9.97 Å². The highest BCUT2D eigenvalue weighted by atomic mass is 32.1. The molecule has 0 amide bonds. The van der Waals surface area contributed by atoms with E-state index in [0.29, 0.717) is 0 Å². The zero-order chi connectivity index (χ0) is 26.2. The second-order valence-electron chi connectivity index (χ2n) is 10.2. The number of benzene rings is 6. The molecule has 0 N–H and O–H groups in total. The number of nitrogens with zero attached hydrogens (tertiary/aromatic N) is 3. The van der Waals surface area contributed by atoms with Crippen LogP contribution in [-0.2, 0) is 0 Å². The fraction of sp³-hybridized carbons (Fsp3) is 0. The lowest BCUT2D eigenvalue weighted by Crippen LogP contribution is -2.04. The summed E-state index contributed by atoms with van der Waals surface area (Å²) in [6.45, 7) is 0. The molecule has 4 heteroatoms. The molecule has 0 unspecified atom stereocenters. The lowest BCUT2D eigenvalue weighted by Gasteiger charge is -2.15. The Kier molecular flexibility index (Phi) is 4.48. The van der Waals surface area contributed by atoms with Gasteiger partial charge in [-0.2, -0.15) is 0 Å². The van der Waals surface area contributed by atoms with E-state index in [4.69, 9.17) is 9.97 Å². The number of aromatic nitrogens is 3. The van der Waals surface area contributed by atoms with Crippen molar-refractivity contribution in [3.63, 3.8) is 0 Å². The van der Waals surface area contributed by atoms with E-state index < -0.39 is 0 Å². The van der Waals surface area contributed by atoms with Crippen LogP contribution in [0.4, 0.5) is 0 Å². The van der Waals surface area contributed by atoms with Crippen LogP contribution in [0.1, 0.15) is 0 Å². The van der Waals surface area contributed by atoms with E-state index in [0.717, 1.165) is 39.1 Å². The molecule has 0 aliphatic carbocycles. The fourth-order valence-electron chi connectivity index (χ4n) is 6.17. The Morgan fingerprint density at radius 1 is 0.475 bits per heavy atom. The normalized spacial score (nSPS) is 12.0. The maximum absolute atomic E-state index is 5.33. The van der Waals surface area contributed by atoms with Gasteiger partial charge in [-0.05, 0) is 47.2 Å². The second-order valence-corrected chi connectivity index (χ2v) is 11.3. The van der Waals surface area contributed by atoms with Crippen molar-refractivity contribution >= 4 is 75.1 Å². The van der Waals surface area contributed by atoms with E-state index in [2.05, 4.69) is 114 Å². The number of fused-ring (bicyclic) bond motifs is 8. The molecule has 0 radical (unpaired) electrons. The zero-order valence-corrected chi connectivity index (χ0v) is 22.2. The highest BCUT2D eigenvalue weighted by molar-refractivity contribution is 7.25. The predicted octanol–water partition coefficient (Wildman–Crippen LogP) is 9.91. The summed E-state index contributed by atoms with van der Waals surface area (Å²) >= 11 is 1.85. The van der Waals surface area contributed by atoms with Crippen LogP contribution in [-0.4, -0.2) is 14.5 Å². The van der Waals surface area contributed by atoms with Gasteiger partial charge in [0.1, 0.15) is 5.69 Å². The minimum atomic E-state index is 0.849. The summed E-state index contributed by atoms with van der Waals surface area (Å²) in [6.07, 6.45) is 0. The van der Waals surface area contributed by atoms with Crippen LogP contribution in [0.2, 0.25) is 0 Å². The van der Waals surface area contributed by atoms with E-state index in [1.807, 2.05) is 29.5 Å². The van der Waals surface area contributed by atoms with Crippen LogP contribution >= 0.6 is 11.3 Å². The molecule has 6 aromatic carbocycles. The molecule has 0 aliphatic rings. The van der Waals surface area contributed by atoms with Gasteiger partial charge in [0.05, 0.1) is 22.1 Å². The van der Waals surface area contributed by atoms with Gasteiger partial charge in [0, 0.05) is 36.5 Å². The van der Waals surface area contributed by atoms with Crippen molar-refractivity contribution in [2.75, 3.05) is 0 Å². The summed E-state index contributed by atoms with van der Waals surface area (Å²) in [6, 6.07) is 45.2. The summed E-state index contributed by atoms with van der Waals surface area (Å²) in [4.78, 5) is 10.6. The summed E-state index contributed by atoms with van der Waals surface area (Å²) in [5.41, 5.74) is 6.02. The molecule has 0 fully saturated rings. The van der Waals surface area contributed by atoms with Crippen molar-refractivity contribution in [3.8, 4) is 17.1 Å². The van der Waals surface area contributed by atoms with E-state index in [1.54, 1.807) is 0 Å². The first kappa shape index (κ1) is 21.8. The molecule has 9 rings (SSSR count). The smallest absolute Gasteiger partial charge is 0.165 e. The molecule has 0 saturated carbocycles. The highest BCUT2D eigenvalue weighted by Gasteiger charge is 2.21. The molecule has 3 heterocycles. The van der Waals surface area contributed by atoms with E-state index >= 15 is 0 Å². The maximum atomic E-state index is 5.33. The lowest BCUT2D eigenvalue weighted by molar-refractivity contribution is 1.08. The number of thiophene rings is 1. The standard InChI is InChI=1S/C36H21N3S/c1-2-12-23-22(10-1)11-9-15-26(23)35-36(38-30-17-6-5-16-29(30)37-35)39-31-18-7-3-13-24(31)27-20-28-25-14-4-8-19-33(25)40-34(28)21-32(27)39/h1-21H. The van der Waals surface area contributed by atoms with Gasteiger partial charge in [0.2, 0.25) is 0 Å². The van der Waals surface area contributed by atoms with Crippen LogP contribution in [0.5, 0.6) is 0 Å². The Labute approximate surface area is 233 Å². The van der Waals surface area contributed by atoms with Gasteiger partial charge in [0.15, 0.2) is 5.82 Å². The molecule has 186 valence electrons. The third-order valence-corrected chi connectivity index (χ3v) is 9.11. The SMILES string of the molecule is c1ccc2c(-c3nc4ccccc4nc3-n3c4ccccc4c4cc5c(cc43)sc3ccccc35)cccc2c1. The number of rotatable bonds is 2. The summed E-state index contributed by atoms with van der Waals surface area (Å²) in [5, 5.41) is 7.41. The number of hydrogen-bond donors (Lipinski definition) is 0. The van der Waals surface area contributed by atoms with Crippen molar-refractivity contribution in [1.29, 1.82) is 0 Å². The Balaban J connectivity index is 1.47. The molecular weight excluding hydrogens is 506 g/mol. The van der Waals surface area contributed by atoms with Gasteiger partial charge < -0.3 is 0 Å². The topological polar surface area (TPSA) is 30.7 Å². The van der Waals surface area contributed by atoms with Crippen molar-refractivity contribution in [1.82, 2.24) is 14.5 Å². The van der Waals surface area contributed by atoms with Gasteiger partial charge in [-0.3, -0.25) is 4.57 Å². The Bertz CT molecular complexity index is 2440. The van der Waals surface area contributed by atoms with Gasteiger partial charge in [-0.1, -0.05) is 91.0 Å². The molecule has 0 spiro atoms. The molecule has 0 bridgehead atoms. The van der Waals surface area contributed by atoms with Gasteiger partial charge in [-0.15, -0.1) is 11.3 Å². The molecule has 40 heavy (non-hydrogen) atoms. The molecule has 0 atom stereocenters. The average Bonchev–Trinajstić information content (AvgIpc) is 3.54. The average molecular weight is 528 g/mol. The molecule has 3 aromatic heterocycles. The molecule has 3 nitrogen and oxygen atoms in total. The minimum Gasteiger partial charge on any atom is -0.292 e. The van der Waals surface area contributed by atoms with Crippen molar-refractivity contribution < 1.29 is 0 Å². The maximum Gasteiger partial charge on any atom is 0.165 e. The molecular formula is C36H21N3S. The van der Waals surface area contributed by atoms with Crippen molar-refractivity contribution in [2.45, 2.75) is 0 Å². The molecule has 0 aliphatic heterocycles. The fourth-order valence-corrected chi connectivity index (χ4v) is 7.30. The van der Waals surface area contributed by atoms with Crippen LogP contribution < -0.4 is 0 Å². The highest BCUT2D eigenvalue weighted by Crippen LogP contribution is 2.42. The van der Waals surface area contributed by atoms with Crippen molar-refractivity contribution in [2.24, 2.45) is 0 Å². The molecule has 0 saturated heterocycles. The third kappa shape index (κ3) is 3.05. The number of para-hydroxylation sites is 3.